The van der Waals surface area contributed by atoms with Crippen molar-refractivity contribution in [2.45, 2.75) is 64.1 Å². The quantitative estimate of drug-likeness (QED) is 0.326. The maximum absolute atomic E-state index is 11.7. The molecule has 5 unspecified atom stereocenters. The Hall–Kier alpha value is -2.73. The second-order valence-electron chi connectivity index (χ2n) is 6.29. The van der Waals surface area contributed by atoms with Gasteiger partial charge < -0.3 is 28.1 Å². The predicted molar refractivity (Wildman–Crippen MR) is 94.8 cm³/mol. The van der Waals surface area contributed by atoms with Crippen LogP contribution in [-0.4, -0.2) is 65.1 Å². The molecule has 1 aliphatic heterocycles. The largest absolute Gasteiger partial charge is 0.463 e. The molecule has 30 heavy (non-hydrogen) atoms. The SMILES string of the molecule is CC(=O)OCC1OC(c2nnc(CCl)o2)C(OC(C)=O)C(OC(C)=O)C1OC(C)=O. The molecule has 0 N–H and O–H groups in total. The minimum Gasteiger partial charge on any atom is -0.463 e. The number of carbonyl (C=O) groups is 4. The van der Waals surface area contributed by atoms with Crippen molar-refractivity contribution in [1.29, 1.82) is 0 Å². The van der Waals surface area contributed by atoms with Crippen LogP contribution in [0, 0.1) is 0 Å². The first-order valence-corrected chi connectivity index (χ1v) is 9.34. The maximum Gasteiger partial charge on any atom is 0.303 e. The van der Waals surface area contributed by atoms with E-state index in [4.69, 9.17) is 39.7 Å². The van der Waals surface area contributed by atoms with Crippen molar-refractivity contribution in [3.8, 4) is 0 Å². The lowest BCUT2D eigenvalue weighted by Gasteiger charge is -2.43. The standard InChI is InChI=1S/C17H21ClN2O10/c1-7(21)25-6-11-13(26-8(2)22)14(27-9(3)23)15(28-10(4)24)16(29-11)17-20-19-12(5-18)30-17/h11,13-16H,5-6H2,1-4H3. The maximum atomic E-state index is 11.7. The molecule has 13 heteroatoms. The molecular formula is C17H21ClN2O10. The van der Waals surface area contributed by atoms with Gasteiger partial charge >= 0.3 is 23.9 Å². The van der Waals surface area contributed by atoms with Crippen molar-refractivity contribution in [3.05, 3.63) is 11.8 Å². The van der Waals surface area contributed by atoms with E-state index in [1.54, 1.807) is 0 Å². The van der Waals surface area contributed by atoms with E-state index in [0.717, 1.165) is 20.8 Å². The van der Waals surface area contributed by atoms with Gasteiger partial charge in [-0.3, -0.25) is 19.2 Å². The smallest absolute Gasteiger partial charge is 0.303 e. The first kappa shape index (κ1) is 23.5. The predicted octanol–water partition coefficient (Wildman–Crippen LogP) is 0.606. The Kier molecular flexibility index (Phi) is 8.12. The Balaban J connectivity index is 2.50. The Labute approximate surface area is 176 Å². The van der Waals surface area contributed by atoms with Crippen LogP contribution in [0.15, 0.2) is 4.42 Å². The molecule has 1 saturated heterocycles. The minimum absolute atomic E-state index is 0.0690. The van der Waals surface area contributed by atoms with Gasteiger partial charge in [0.05, 0.1) is 0 Å². The number of carbonyl (C=O) groups excluding carboxylic acids is 4. The highest BCUT2D eigenvalue weighted by atomic mass is 35.5. The fraction of sp³-hybridized carbons (Fsp3) is 0.647. The molecule has 1 aromatic heterocycles. The average molecular weight is 449 g/mol. The number of hydrogen-bond acceptors (Lipinski definition) is 12. The third-order valence-electron chi connectivity index (χ3n) is 3.83. The summed E-state index contributed by atoms with van der Waals surface area (Å²) in [6.07, 6.45) is -6.23. The Bertz CT molecular complexity index is 797. The van der Waals surface area contributed by atoms with E-state index < -0.39 is 54.4 Å². The van der Waals surface area contributed by atoms with E-state index in [1.807, 2.05) is 0 Å². The van der Waals surface area contributed by atoms with Crippen LogP contribution in [0.3, 0.4) is 0 Å². The lowest BCUT2D eigenvalue weighted by Crippen LogP contribution is -2.59. The topological polar surface area (TPSA) is 153 Å². The van der Waals surface area contributed by atoms with Crippen LogP contribution in [0.4, 0.5) is 0 Å². The van der Waals surface area contributed by atoms with E-state index in [2.05, 4.69) is 10.2 Å². The van der Waals surface area contributed by atoms with Gasteiger partial charge in [-0.2, -0.15) is 0 Å². The molecule has 2 heterocycles. The van der Waals surface area contributed by atoms with Crippen molar-refractivity contribution in [1.82, 2.24) is 10.2 Å². The molecule has 0 spiro atoms. The van der Waals surface area contributed by atoms with Crippen molar-refractivity contribution in [2.24, 2.45) is 0 Å². The molecule has 12 nitrogen and oxygen atoms in total. The molecule has 1 aromatic rings. The van der Waals surface area contributed by atoms with Gasteiger partial charge in [-0.05, 0) is 0 Å². The zero-order valence-electron chi connectivity index (χ0n) is 16.7. The number of hydrogen-bond donors (Lipinski definition) is 0. The normalized spacial score (nSPS) is 25.8. The van der Waals surface area contributed by atoms with E-state index in [9.17, 15) is 19.2 Å². The number of ether oxygens (including phenoxy) is 5. The van der Waals surface area contributed by atoms with Crippen LogP contribution in [-0.2, 0) is 48.7 Å². The summed E-state index contributed by atoms with van der Waals surface area (Å²) in [4.78, 5) is 46.4. The number of rotatable bonds is 7. The fourth-order valence-electron chi connectivity index (χ4n) is 2.86. The van der Waals surface area contributed by atoms with E-state index in [-0.39, 0.29) is 24.3 Å². The summed E-state index contributed by atoms with van der Waals surface area (Å²) in [5, 5.41) is 7.55. The summed E-state index contributed by atoms with van der Waals surface area (Å²) >= 11 is 5.68. The second-order valence-corrected chi connectivity index (χ2v) is 6.55. The molecule has 0 amide bonds. The molecular weight excluding hydrogens is 428 g/mol. The molecule has 0 aliphatic carbocycles. The highest BCUT2D eigenvalue weighted by Gasteiger charge is 2.54. The van der Waals surface area contributed by atoms with Crippen LogP contribution in [0.2, 0.25) is 0 Å². The van der Waals surface area contributed by atoms with Gasteiger partial charge in [-0.15, -0.1) is 21.8 Å². The fourth-order valence-corrected chi connectivity index (χ4v) is 2.97. The Morgan fingerprint density at radius 2 is 1.43 bits per heavy atom. The molecule has 0 radical (unpaired) electrons. The number of esters is 4. The third kappa shape index (κ3) is 6.13. The monoisotopic (exact) mass is 448 g/mol. The molecule has 1 aliphatic rings. The first-order chi connectivity index (χ1) is 14.1. The van der Waals surface area contributed by atoms with E-state index in [0.29, 0.717) is 0 Å². The van der Waals surface area contributed by atoms with E-state index >= 15 is 0 Å². The summed E-state index contributed by atoms with van der Waals surface area (Å²) in [5.74, 6) is -2.96. The Morgan fingerprint density at radius 1 is 0.867 bits per heavy atom. The average Bonchev–Trinajstić information content (AvgIpc) is 3.11. The summed E-state index contributed by atoms with van der Waals surface area (Å²) in [6, 6.07) is 0. The van der Waals surface area contributed by atoms with Crippen LogP contribution >= 0.6 is 11.6 Å². The van der Waals surface area contributed by atoms with Crippen LogP contribution < -0.4 is 0 Å². The number of alkyl halides is 1. The van der Waals surface area contributed by atoms with Crippen LogP contribution in [0.5, 0.6) is 0 Å². The molecule has 0 aromatic carbocycles. The number of halogens is 1. The molecule has 166 valence electrons. The molecule has 5 atom stereocenters. The van der Waals surface area contributed by atoms with Crippen LogP contribution in [0.25, 0.3) is 0 Å². The summed E-state index contributed by atoms with van der Waals surface area (Å²) in [7, 11) is 0. The van der Waals surface area contributed by atoms with Crippen molar-refractivity contribution < 1.29 is 47.3 Å². The van der Waals surface area contributed by atoms with Crippen molar-refractivity contribution >= 4 is 35.5 Å². The van der Waals surface area contributed by atoms with E-state index in [1.165, 1.54) is 6.92 Å². The highest BCUT2D eigenvalue weighted by Crippen LogP contribution is 2.37. The first-order valence-electron chi connectivity index (χ1n) is 8.81. The highest BCUT2D eigenvalue weighted by molar-refractivity contribution is 6.16. The van der Waals surface area contributed by atoms with Gasteiger partial charge in [0.2, 0.25) is 11.8 Å². The Morgan fingerprint density at radius 3 is 1.93 bits per heavy atom. The summed E-state index contributed by atoms with van der Waals surface area (Å²) in [5.41, 5.74) is 0. The van der Waals surface area contributed by atoms with Gasteiger partial charge in [0.25, 0.3) is 0 Å². The minimum atomic E-state index is -1.32. The van der Waals surface area contributed by atoms with Gasteiger partial charge in [-0.1, -0.05) is 0 Å². The third-order valence-corrected chi connectivity index (χ3v) is 4.06. The lowest BCUT2D eigenvalue weighted by molar-refractivity contribution is -0.257. The van der Waals surface area contributed by atoms with Crippen molar-refractivity contribution in [3.63, 3.8) is 0 Å². The molecule has 0 saturated carbocycles. The summed E-state index contributed by atoms with van der Waals surface area (Å²) < 4.78 is 32.1. The summed E-state index contributed by atoms with van der Waals surface area (Å²) in [6.45, 7) is 4.21. The van der Waals surface area contributed by atoms with Gasteiger partial charge in [0, 0.05) is 27.7 Å². The van der Waals surface area contributed by atoms with Gasteiger partial charge in [0.1, 0.15) is 18.6 Å². The zero-order valence-corrected chi connectivity index (χ0v) is 17.4. The zero-order chi connectivity index (χ0) is 22.4. The van der Waals surface area contributed by atoms with Crippen molar-refractivity contribution in [2.75, 3.05) is 6.61 Å². The number of aromatic nitrogens is 2. The molecule has 2 rings (SSSR count). The second kappa shape index (κ2) is 10.3. The van der Waals surface area contributed by atoms with Crippen LogP contribution in [0.1, 0.15) is 45.6 Å². The number of nitrogens with zero attached hydrogens (tertiary/aromatic N) is 2. The lowest BCUT2D eigenvalue weighted by atomic mass is 9.94. The van der Waals surface area contributed by atoms with Gasteiger partial charge in [0.15, 0.2) is 24.4 Å². The molecule has 1 fully saturated rings. The molecule has 0 bridgehead atoms. The van der Waals surface area contributed by atoms with Gasteiger partial charge in [-0.25, -0.2) is 0 Å².